The first-order valence-corrected chi connectivity index (χ1v) is 6.52. The van der Waals surface area contributed by atoms with Crippen LogP contribution in [0.2, 0.25) is 0 Å². The van der Waals surface area contributed by atoms with Gasteiger partial charge in [-0.25, -0.2) is 0 Å². The van der Waals surface area contributed by atoms with E-state index in [2.05, 4.69) is 46.8 Å². The van der Waals surface area contributed by atoms with Gasteiger partial charge in [0, 0.05) is 23.2 Å². The zero-order chi connectivity index (χ0) is 11.8. The Morgan fingerprint density at radius 1 is 1.44 bits per heavy atom. The predicted molar refractivity (Wildman–Crippen MR) is 72.2 cm³/mol. The quantitative estimate of drug-likeness (QED) is 0.844. The molecule has 1 heterocycles. The van der Waals surface area contributed by atoms with Crippen molar-refractivity contribution in [2.45, 2.75) is 26.8 Å². The van der Waals surface area contributed by atoms with Gasteiger partial charge in [0.1, 0.15) is 0 Å². The van der Waals surface area contributed by atoms with Gasteiger partial charge in [-0.2, -0.15) is 0 Å². The smallest absolute Gasteiger partial charge is 0.0458 e. The summed E-state index contributed by atoms with van der Waals surface area (Å²) in [6.45, 7) is 8.10. The molecule has 1 fully saturated rings. The molecule has 1 aliphatic heterocycles. The molecule has 2 nitrogen and oxygen atoms in total. The summed E-state index contributed by atoms with van der Waals surface area (Å²) in [5, 5.41) is 0. The van der Waals surface area contributed by atoms with Gasteiger partial charge in [0.25, 0.3) is 0 Å². The van der Waals surface area contributed by atoms with Gasteiger partial charge in [-0.15, -0.1) is 0 Å². The largest absolute Gasteiger partial charge is 0.398 e. The second-order valence-electron chi connectivity index (χ2n) is 5.48. The second-order valence-corrected chi connectivity index (χ2v) is 6.34. The molecule has 0 unspecified atom stereocenters. The Morgan fingerprint density at radius 3 is 2.75 bits per heavy atom. The molecule has 1 saturated heterocycles. The summed E-state index contributed by atoms with van der Waals surface area (Å²) in [6, 6.07) is 6.21. The summed E-state index contributed by atoms with van der Waals surface area (Å²) < 4.78 is 1.00. The summed E-state index contributed by atoms with van der Waals surface area (Å²) in [6.07, 6.45) is 1.29. The van der Waals surface area contributed by atoms with Gasteiger partial charge in [-0.3, -0.25) is 4.90 Å². The predicted octanol–water partition coefficient (Wildman–Crippen LogP) is 3.26. The van der Waals surface area contributed by atoms with Crippen LogP contribution < -0.4 is 5.73 Å². The number of likely N-dealkylation sites (tertiary alicyclic amines) is 1. The lowest BCUT2D eigenvalue weighted by atomic mass is 9.93. The molecule has 16 heavy (non-hydrogen) atoms. The number of nitrogens with zero attached hydrogens (tertiary/aromatic N) is 1. The van der Waals surface area contributed by atoms with Crippen molar-refractivity contribution in [2.24, 2.45) is 5.41 Å². The molecule has 0 bridgehead atoms. The standard InChI is InChI=1S/C13H19BrN2/c1-13(2)5-6-16(9-13)8-10-3-4-12(15)11(14)7-10/h3-4,7H,5-6,8-9,15H2,1-2H3. The van der Waals surface area contributed by atoms with Crippen LogP contribution in [0.3, 0.4) is 0 Å². The second kappa shape index (κ2) is 4.38. The van der Waals surface area contributed by atoms with Gasteiger partial charge in [0.2, 0.25) is 0 Å². The van der Waals surface area contributed by atoms with Crippen LogP contribution in [0.15, 0.2) is 22.7 Å². The lowest BCUT2D eigenvalue weighted by Crippen LogP contribution is -2.22. The fourth-order valence-electron chi connectivity index (χ4n) is 2.29. The third-order valence-corrected chi connectivity index (χ3v) is 3.91. The minimum Gasteiger partial charge on any atom is -0.398 e. The number of halogens is 1. The van der Waals surface area contributed by atoms with Crippen molar-refractivity contribution in [1.29, 1.82) is 0 Å². The third-order valence-electron chi connectivity index (χ3n) is 3.23. The highest BCUT2D eigenvalue weighted by molar-refractivity contribution is 9.10. The van der Waals surface area contributed by atoms with E-state index in [0.29, 0.717) is 5.41 Å². The molecule has 0 aromatic heterocycles. The van der Waals surface area contributed by atoms with Crippen LogP contribution in [-0.4, -0.2) is 18.0 Å². The van der Waals surface area contributed by atoms with Gasteiger partial charge >= 0.3 is 0 Å². The normalized spacial score (nSPS) is 20.2. The molecular weight excluding hydrogens is 264 g/mol. The van der Waals surface area contributed by atoms with Crippen LogP contribution in [0.1, 0.15) is 25.8 Å². The molecule has 0 radical (unpaired) electrons. The van der Waals surface area contributed by atoms with Crippen molar-refractivity contribution < 1.29 is 0 Å². The molecule has 1 aliphatic rings. The minimum absolute atomic E-state index is 0.477. The van der Waals surface area contributed by atoms with Gasteiger partial charge in [0.05, 0.1) is 0 Å². The summed E-state index contributed by atoms with van der Waals surface area (Å²) in [5.41, 5.74) is 8.40. The van der Waals surface area contributed by atoms with Crippen LogP contribution in [0.25, 0.3) is 0 Å². The van der Waals surface area contributed by atoms with Crippen LogP contribution >= 0.6 is 15.9 Å². The van der Waals surface area contributed by atoms with Gasteiger partial charge < -0.3 is 5.73 Å². The molecule has 0 aliphatic carbocycles. The zero-order valence-electron chi connectivity index (χ0n) is 9.96. The third kappa shape index (κ3) is 2.77. The van der Waals surface area contributed by atoms with Gasteiger partial charge in [0.15, 0.2) is 0 Å². The summed E-state index contributed by atoms with van der Waals surface area (Å²) >= 11 is 3.47. The average Bonchev–Trinajstić information content (AvgIpc) is 2.52. The summed E-state index contributed by atoms with van der Waals surface area (Å²) in [7, 11) is 0. The molecule has 88 valence electrons. The maximum absolute atomic E-state index is 5.78. The number of anilines is 1. The number of rotatable bonds is 2. The molecule has 1 aromatic rings. The number of benzene rings is 1. The number of nitrogens with two attached hydrogens (primary N) is 1. The van der Waals surface area contributed by atoms with E-state index in [1.807, 2.05) is 6.07 Å². The molecule has 2 rings (SSSR count). The van der Waals surface area contributed by atoms with Gasteiger partial charge in [-0.05, 0) is 52.0 Å². The van der Waals surface area contributed by atoms with E-state index >= 15 is 0 Å². The molecule has 3 heteroatoms. The fourth-order valence-corrected chi connectivity index (χ4v) is 2.71. The van der Waals surface area contributed by atoms with Crippen LogP contribution in [0.5, 0.6) is 0 Å². The van der Waals surface area contributed by atoms with E-state index in [0.717, 1.165) is 16.7 Å². The first-order valence-electron chi connectivity index (χ1n) is 5.73. The Morgan fingerprint density at radius 2 is 2.19 bits per heavy atom. The average molecular weight is 283 g/mol. The Kier molecular flexibility index (Phi) is 3.27. The fraction of sp³-hybridized carbons (Fsp3) is 0.538. The lowest BCUT2D eigenvalue weighted by molar-refractivity contribution is 0.284. The van der Waals surface area contributed by atoms with E-state index in [9.17, 15) is 0 Å². The number of hydrogen-bond acceptors (Lipinski definition) is 2. The first kappa shape index (κ1) is 11.9. The molecular formula is C13H19BrN2. The highest BCUT2D eigenvalue weighted by Gasteiger charge is 2.28. The zero-order valence-corrected chi connectivity index (χ0v) is 11.5. The highest BCUT2D eigenvalue weighted by Crippen LogP contribution is 2.30. The van der Waals surface area contributed by atoms with E-state index < -0.39 is 0 Å². The van der Waals surface area contributed by atoms with Crippen molar-refractivity contribution in [3.63, 3.8) is 0 Å². The minimum atomic E-state index is 0.477. The number of nitrogen functional groups attached to an aromatic ring is 1. The highest BCUT2D eigenvalue weighted by atomic mass is 79.9. The van der Waals surface area contributed by atoms with Crippen LogP contribution in [0, 0.1) is 5.41 Å². The van der Waals surface area contributed by atoms with Crippen LogP contribution in [-0.2, 0) is 6.54 Å². The molecule has 1 aromatic carbocycles. The number of hydrogen-bond donors (Lipinski definition) is 1. The molecule has 0 spiro atoms. The van der Waals surface area contributed by atoms with E-state index in [4.69, 9.17) is 5.73 Å². The van der Waals surface area contributed by atoms with Crippen molar-refractivity contribution in [2.75, 3.05) is 18.8 Å². The van der Waals surface area contributed by atoms with E-state index in [1.165, 1.54) is 25.1 Å². The monoisotopic (exact) mass is 282 g/mol. The topological polar surface area (TPSA) is 29.3 Å². The van der Waals surface area contributed by atoms with Crippen molar-refractivity contribution >= 4 is 21.6 Å². The Labute approximate surface area is 106 Å². The van der Waals surface area contributed by atoms with Crippen molar-refractivity contribution in [3.8, 4) is 0 Å². The SMILES string of the molecule is CC1(C)CCN(Cc2ccc(N)c(Br)c2)C1. The molecule has 0 atom stereocenters. The Balaban J connectivity index is 2.02. The summed E-state index contributed by atoms with van der Waals surface area (Å²) in [4.78, 5) is 2.51. The van der Waals surface area contributed by atoms with Crippen LogP contribution in [0.4, 0.5) is 5.69 Å². The molecule has 2 N–H and O–H groups in total. The Bertz CT molecular complexity index is 388. The maximum atomic E-state index is 5.78. The van der Waals surface area contributed by atoms with Crippen molar-refractivity contribution in [3.05, 3.63) is 28.2 Å². The van der Waals surface area contributed by atoms with E-state index in [1.54, 1.807) is 0 Å². The summed E-state index contributed by atoms with van der Waals surface area (Å²) in [5.74, 6) is 0. The van der Waals surface area contributed by atoms with Crippen molar-refractivity contribution in [1.82, 2.24) is 4.90 Å². The molecule has 0 amide bonds. The lowest BCUT2D eigenvalue weighted by Gasteiger charge is -2.19. The van der Waals surface area contributed by atoms with E-state index in [-0.39, 0.29) is 0 Å². The first-order chi connectivity index (χ1) is 7.46. The van der Waals surface area contributed by atoms with Gasteiger partial charge in [-0.1, -0.05) is 19.9 Å². The molecule has 0 saturated carbocycles. The maximum Gasteiger partial charge on any atom is 0.0458 e. The Hall–Kier alpha value is -0.540.